The standard InChI is InChI=1S/C14H17F3N6O/c15-14(16,17)10-3-1-9(2-4-10)12(7-19)22-13(24)11(20)8-23(21)6-5-18/h1-4,8,12H,5-6,18,20-21H2,(H,22,24)/b11-8-. The number of carbonyl (C=O) groups excluding carboxylic acids is 1. The van der Waals surface area contributed by atoms with Gasteiger partial charge in [0, 0.05) is 19.3 Å². The quantitative estimate of drug-likeness (QED) is 0.334. The van der Waals surface area contributed by atoms with Crippen molar-refractivity contribution < 1.29 is 18.0 Å². The van der Waals surface area contributed by atoms with Gasteiger partial charge >= 0.3 is 6.18 Å². The van der Waals surface area contributed by atoms with E-state index in [-0.39, 0.29) is 24.4 Å². The van der Waals surface area contributed by atoms with Crippen molar-refractivity contribution in [2.24, 2.45) is 17.3 Å². The Bertz CT molecular complexity index is 635. The molecule has 24 heavy (non-hydrogen) atoms. The van der Waals surface area contributed by atoms with Gasteiger partial charge in [-0.2, -0.15) is 18.4 Å². The van der Waals surface area contributed by atoms with Crippen LogP contribution in [0.1, 0.15) is 17.2 Å². The molecule has 1 unspecified atom stereocenters. The summed E-state index contributed by atoms with van der Waals surface area (Å²) >= 11 is 0. The molecule has 1 atom stereocenters. The summed E-state index contributed by atoms with van der Waals surface area (Å²) in [5.74, 6) is 4.72. The lowest BCUT2D eigenvalue weighted by molar-refractivity contribution is -0.137. The van der Waals surface area contributed by atoms with Gasteiger partial charge in [0.1, 0.15) is 11.7 Å². The summed E-state index contributed by atoms with van der Waals surface area (Å²) < 4.78 is 37.6. The number of hydrazine groups is 1. The van der Waals surface area contributed by atoms with Gasteiger partial charge in [-0.05, 0) is 17.7 Å². The molecule has 130 valence electrons. The molecule has 0 radical (unpaired) electrons. The third kappa shape index (κ3) is 5.45. The monoisotopic (exact) mass is 342 g/mol. The number of benzene rings is 1. The predicted molar refractivity (Wildman–Crippen MR) is 80.2 cm³/mol. The van der Waals surface area contributed by atoms with E-state index in [1.807, 2.05) is 0 Å². The summed E-state index contributed by atoms with van der Waals surface area (Å²) in [4.78, 5) is 11.9. The van der Waals surface area contributed by atoms with Gasteiger partial charge < -0.3 is 21.8 Å². The van der Waals surface area contributed by atoms with E-state index in [2.05, 4.69) is 5.32 Å². The lowest BCUT2D eigenvalue weighted by Gasteiger charge is -2.16. The fourth-order valence-corrected chi connectivity index (χ4v) is 1.72. The number of amides is 1. The van der Waals surface area contributed by atoms with Crippen molar-refractivity contribution in [2.45, 2.75) is 12.2 Å². The summed E-state index contributed by atoms with van der Waals surface area (Å²) in [7, 11) is 0. The maximum Gasteiger partial charge on any atom is 0.416 e. The number of nitrogens with two attached hydrogens (primary N) is 3. The van der Waals surface area contributed by atoms with E-state index < -0.39 is 23.7 Å². The van der Waals surface area contributed by atoms with Crippen LogP contribution in [0.15, 0.2) is 36.2 Å². The minimum absolute atomic E-state index is 0.193. The van der Waals surface area contributed by atoms with Crippen molar-refractivity contribution in [3.63, 3.8) is 0 Å². The maximum atomic E-state index is 12.5. The lowest BCUT2D eigenvalue weighted by Crippen LogP contribution is -2.36. The van der Waals surface area contributed by atoms with Crippen LogP contribution in [0.25, 0.3) is 0 Å². The highest BCUT2D eigenvalue weighted by Gasteiger charge is 2.30. The molecule has 1 aromatic carbocycles. The Morgan fingerprint density at radius 3 is 2.42 bits per heavy atom. The first-order valence-electron chi connectivity index (χ1n) is 6.75. The molecule has 0 saturated heterocycles. The van der Waals surface area contributed by atoms with E-state index in [4.69, 9.17) is 22.6 Å². The number of nitriles is 1. The number of halogens is 3. The third-order valence-corrected chi connectivity index (χ3v) is 2.93. The normalized spacial score (nSPS) is 13.1. The zero-order valence-electron chi connectivity index (χ0n) is 12.5. The second kappa shape index (κ2) is 8.19. The van der Waals surface area contributed by atoms with E-state index in [0.29, 0.717) is 0 Å². The highest BCUT2D eigenvalue weighted by molar-refractivity contribution is 5.92. The Hall–Kier alpha value is -2.77. The molecule has 0 bridgehead atoms. The number of nitrogens with zero attached hydrogens (tertiary/aromatic N) is 2. The van der Waals surface area contributed by atoms with Crippen LogP contribution in [-0.2, 0) is 11.0 Å². The molecule has 1 rings (SSSR count). The number of carbonyl (C=O) groups is 1. The molecule has 0 aliphatic heterocycles. The average molecular weight is 342 g/mol. The number of nitrogens with one attached hydrogen (secondary N) is 1. The molecule has 0 heterocycles. The molecule has 0 spiro atoms. The van der Waals surface area contributed by atoms with Crippen LogP contribution in [0.5, 0.6) is 0 Å². The van der Waals surface area contributed by atoms with Crippen LogP contribution in [0, 0.1) is 11.3 Å². The van der Waals surface area contributed by atoms with Crippen molar-refractivity contribution in [2.75, 3.05) is 13.1 Å². The van der Waals surface area contributed by atoms with Crippen LogP contribution >= 0.6 is 0 Å². The summed E-state index contributed by atoms with van der Waals surface area (Å²) in [5, 5.41) is 12.5. The zero-order chi connectivity index (χ0) is 18.3. The topological polar surface area (TPSA) is 134 Å². The van der Waals surface area contributed by atoms with Crippen LogP contribution in [0.2, 0.25) is 0 Å². The zero-order valence-corrected chi connectivity index (χ0v) is 12.5. The fraction of sp³-hybridized carbons (Fsp3) is 0.286. The van der Waals surface area contributed by atoms with Gasteiger partial charge in [0.15, 0.2) is 0 Å². The Morgan fingerprint density at radius 2 is 1.96 bits per heavy atom. The minimum Gasteiger partial charge on any atom is -0.393 e. The van der Waals surface area contributed by atoms with Crippen molar-refractivity contribution in [1.82, 2.24) is 10.3 Å². The Labute approximate surface area is 136 Å². The van der Waals surface area contributed by atoms with Gasteiger partial charge in [0.05, 0.1) is 11.6 Å². The molecule has 0 saturated carbocycles. The van der Waals surface area contributed by atoms with Gasteiger partial charge in [-0.15, -0.1) is 0 Å². The molecule has 0 aliphatic rings. The third-order valence-electron chi connectivity index (χ3n) is 2.93. The van der Waals surface area contributed by atoms with E-state index >= 15 is 0 Å². The first-order chi connectivity index (χ1) is 11.2. The summed E-state index contributed by atoms with van der Waals surface area (Å²) in [6, 6.07) is 4.50. The number of rotatable bonds is 6. The van der Waals surface area contributed by atoms with Crippen molar-refractivity contribution in [3.8, 4) is 6.07 Å². The Balaban J connectivity index is 2.84. The average Bonchev–Trinajstić information content (AvgIpc) is 2.51. The van der Waals surface area contributed by atoms with Crippen molar-refractivity contribution >= 4 is 5.91 Å². The molecule has 10 heteroatoms. The molecule has 7 N–H and O–H groups in total. The summed E-state index contributed by atoms with van der Waals surface area (Å²) in [6.07, 6.45) is -3.34. The lowest BCUT2D eigenvalue weighted by atomic mass is 10.1. The Morgan fingerprint density at radius 1 is 1.38 bits per heavy atom. The highest BCUT2D eigenvalue weighted by Crippen LogP contribution is 2.29. The van der Waals surface area contributed by atoms with Crippen LogP contribution in [0.4, 0.5) is 13.2 Å². The van der Waals surface area contributed by atoms with Gasteiger partial charge in [-0.1, -0.05) is 12.1 Å². The molecular weight excluding hydrogens is 325 g/mol. The Kier molecular flexibility index (Phi) is 6.58. The van der Waals surface area contributed by atoms with Crippen LogP contribution in [-0.4, -0.2) is 24.0 Å². The largest absolute Gasteiger partial charge is 0.416 e. The second-order valence-electron chi connectivity index (χ2n) is 4.77. The van der Waals surface area contributed by atoms with E-state index in [0.717, 1.165) is 35.5 Å². The number of hydrogen-bond acceptors (Lipinski definition) is 6. The molecule has 1 aromatic rings. The van der Waals surface area contributed by atoms with Gasteiger partial charge in [-0.25, -0.2) is 5.84 Å². The first kappa shape index (κ1) is 19.3. The van der Waals surface area contributed by atoms with E-state index in [9.17, 15) is 18.0 Å². The maximum absolute atomic E-state index is 12.5. The molecule has 0 fully saturated rings. The van der Waals surface area contributed by atoms with Crippen LogP contribution in [0.3, 0.4) is 0 Å². The molecule has 1 amide bonds. The van der Waals surface area contributed by atoms with Gasteiger partial charge in [-0.3, -0.25) is 4.79 Å². The smallest absolute Gasteiger partial charge is 0.393 e. The second-order valence-corrected chi connectivity index (χ2v) is 4.77. The minimum atomic E-state index is -4.48. The van der Waals surface area contributed by atoms with Gasteiger partial charge in [0.25, 0.3) is 5.91 Å². The SMILES string of the molecule is N#CC(NC(=O)/C(N)=C/N(N)CCN)c1ccc(C(F)(F)F)cc1. The molecule has 7 nitrogen and oxygen atoms in total. The highest BCUT2D eigenvalue weighted by atomic mass is 19.4. The summed E-state index contributed by atoms with van der Waals surface area (Å²) in [5.41, 5.74) is 9.90. The molecule has 0 aromatic heterocycles. The van der Waals surface area contributed by atoms with Crippen LogP contribution < -0.4 is 22.6 Å². The molecular formula is C14H17F3N6O. The number of hydrogen-bond donors (Lipinski definition) is 4. The van der Waals surface area contributed by atoms with Gasteiger partial charge in [0.2, 0.25) is 0 Å². The fourth-order valence-electron chi connectivity index (χ4n) is 1.72. The van der Waals surface area contributed by atoms with Crippen molar-refractivity contribution in [1.29, 1.82) is 5.26 Å². The molecule has 0 aliphatic carbocycles. The van der Waals surface area contributed by atoms with E-state index in [1.165, 1.54) is 0 Å². The first-order valence-corrected chi connectivity index (χ1v) is 6.75. The van der Waals surface area contributed by atoms with Crippen molar-refractivity contribution in [3.05, 3.63) is 47.3 Å². The summed E-state index contributed by atoms with van der Waals surface area (Å²) in [6.45, 7) is 0.503. The number of alkyl halides is 3. The predicted octanol–water partition coefficient (Wildman–Crippen LogP) is 0.321. The van der Waals surface area contributed by atoms with E-state index in [1.54, 1.807) is 6.07 Å².